The van der Waals surface area contributed by atoms with Crippen LogP contribution in [-0.2, 0) is 6.54 Å². The molecular formula is C12H15N5S. The van der Waals surface area contributed by atoms with E-state index in [1.54, 1.807) is 0 Å². The average Bonchev–Trinajstić information content (AvgIpc) is 2.95. The first kappa shape index (κ1) is 11.6. The Labute approximate surface area is 110 Å². The summed E-state index contributed by atoms with van der Waals surface area (Å²) in [7, 11) is 0. The van der Waals surface area contributed by atoms with E-state index >= 15 is 0 Å². The van der Waals surface area contributed by atoms with Gasteiger partial charge in [-0.05, 0) is 10.8 Å². The number of anilines is 1. The largest absolute Gasteiger partial charge is 0.343 e. The molecule has 0 bridgehead atoms. The van der Waals surface area contributed by atoms with Crippen molar-refractivity contribution in [3.63, 3.8) is 0 Å². The molecule has 94 valence electrons. The van der Waals surface area contributed by atoms with Crippen LogP contribution in [0.15, 0.2) is 30.3 Å². The molecule has 0 atom stereocenters. The lowest BCUT2D eigenvalue weighted by Crippen LogP contribution is -2.45. The van der Waals surface area contributed by atoms with E-state index in [1.165, 1.54) is 17.1 Å². The van der Waals surface area contributed by atoms with Crippen molar-refractivity contribution >= 4 is 16.7 Å². The predicted molar refractivity (Wildman–Crippen MR) is 71.6 cm³/mol. The molecule has 0 saturated carbocycles. The van der Waals surface area contributed by atoms with Crippen molar-refractivity contribution in [1.82, 2.24) is 19.7 Å². The molecule has 0 radical (unpaired) electrons. The summed E-state index contributed by atoms with van der Waals surface area (Å²) in [6, 6.07) is 10.6. The number of benzene rings is 1. The maximum Gasteiger partial charge on any atom is 0.227 e. The summed E-state index contributed by atoms with van der Waals surface area (Å²) in [5.74, 6) is 0. The summed E-state index contributed by atoms with van der Waals surface area (Å²) in [6.45, 7) is 5.17. The van der Waals surface area contributed by atoms with E-state index in [-0.39, 0.29) is 0 Å². The van der Waals surface area contributed by atoms with Crippen LogP contribution in [0.2, 0.25) is 0 Å². The Morgan fingerprint density at radius 3 is 2.50 bits per heavy atom. The molecular weight excluding hydrogens is 246 g/mol. The van der Waals surface area contributed by atoms with E-state index in [1.807, 2.05) is 0 Å². The molecule has 2 aromatic rings. The molecule has 0 unspecified atom stereocenters. The molecule has 1 aliphatic rings. The lowest BCUT2D eigenvalue weighted by molar-refractivity contribution is 0.249. The van der Waals surface area contributed by atoms with Crippen LogP contribution in [0.3, 0.4) is 0 Å². The fraction of sp³-hybridized carbons (Fsp3) is 0.417. The van der Waals surface area contributed by atoms with E-state index in [9.17, 15) is 0 Å². The number of piperazine rings is 1. The first-order valence-electron chi connectivity index (χ1n) is 6.08. The minimum atomic E-state index is 0.939. The molecule has 1 aromatic heterocycles. The molecule has 0 aliphatic carbocycles. The van der Waals surface area contributed by atoms with Gasteiger partial charge in [0.1, 0.15) is 0 Å². The molecule has 1 aliphatic heterocycles. The Balaban J connectivity index is 1.54. The molecule has 6 heteroatoms. The van der Waals surface area contributed by atoms with Gasteiger partial charge in [0, 0.05) is 44.3 Å². The van der Waals surface area contributed by atoms with Gasteiger partial charge in [-0.1, -0.05) is 39.9 Å². The average molecular weight is 261 g/mol. The highest BCUT2D eigenvalue weighted by atomic mass is 32.1. The quantitative estimate of drug-likeness (QED) is 0.832. The zero-order valence-electron chi connectivity index (χ0n) is 10.1. The van der Waals surface area contributed by atoms with Crippen molar-refractivity contribution in [1.29, 1.82) is 0 Å². The highest BCUT2D eigenvalue weighted by Gasteiger charge is 2.19. The van der Waals surface area contributed by atoms with Crippen molar-refractivity contribution in [2.45, 2.75) is 6.54 Å². The van der Waals surface area contributed by atoms with Crippen LogP contribution in [0.1, 0.15) is 5.56 Å². The molecule has 1 aromatic carbocycles. The smallest absolute Gasteiger partial charge is 0.227 e. The monoisotopic (exact) mass is 261 g/mol. The topological polar surface area (TPSA) is 45.2 Å². The minimum Gasteiger partial charge on any atom is -0.343 e. The predicted octanol–water partition coefficient (Wildman–Crippen LogP) is 1.26. The molecule has 3 rings (SSSR count). The first-order valence-corrected chi connectivity index (χ1v) is 6.85. The van der Waals surface area contributed by atoms with E-state index in [2.05, 4.69) is 54.9 Å². The van der Waals surface area contributed by atoms with Gasteiger partial charge < -0.3 is 4.90 Å². The van der Waals surface area contributed by atoms with Gasteiger partial charge in [0.25, 0.3) is 0 Å². The van der Waals surface area contributed by atoms with Gasteiger partial charge in [0.2, 0.25) is 5.13 Å². The van der Waals surface area contributed by atoms with E-state index < -0.39 is 0 Å². The third-order valence-electron chi connectivity index (χ3n) is 3.18. The Morgan fingerprint density at radius 2 is 1.83 bits per heavy atom. The van der Waals surface area contributed by atoms with Crippen LogP contribution in [-0.4, -0.2) is 45.9 Å². The molecule has 18 heavy (non-hydrogen) atoms. The summed E-state index contributed by atoms with van der Waals surface area (Å²) >= 11 is 1.37. The van der Waals surface area contributed by atoms with Crippen LogP contribution in [0, 0.1) is 0 Å². The summed E-state index contributed by atoms with van der Waals surface area (Å²) in [5, 5.41) is 8.60. The molecule has 0 spiro atoms. The van der Waals surface area contributed by atoms with Crippen molar-refractivity contribution in [3.05, 3.63) is 35.9 Å². The number of aromatic nitrogens is 3. The zero-order valence-corrected chi connectivity index (χ0v) is 10.9. The maximum atomic E-state index is 4.01. The Bertz CT molecular complexity index is 464. The van der Waals surface area contributed by atoms with Gasteiger partial charge in [-0.3, -0.25) is 4.90 Å². The fourth-order valence-electron chi connectivity index (χ4n) is 2.19. The molecule has 0 amide bonds. The zero-order chi connectivity index (χ0) is 12.2. The van der Waals surface area contributed by atoms with Gasteiger partial charge in [-0.15, -0.1) is 0 Å². The molecule has 5 nitrogen and oxygen atoms in total. The van der Waals surface area contributed by atoms with Crippen molar-refractivity contribution in [2.24, 2.45) is 0 Å². The van der Waals surface area contributed by atoms with Crippen LogP contribution in [0.25, 0.3) is 0 Å². The van der Waals surface area contributed by atoms with Gasteiger partial charge in [-0.25, -0.2) is 0 Å². The van der Waals surface area contributed by atoms with Crippen molar-refractivity contribution < 1.29 is 0 Å². The summed E-state index contributed by atoms with van der Waals surface area (Å²) in [6.07, 6.45) is 0. The lowest BCUT2D eigenvalue weighted by Gasteiger charge is -2.34. The highest BCUT2D eigenvalue weighted by molar-refractivity contribution is 7.09. The Morgan fingerprint density at radius 1 is 1.06 bits per heavy atom. The number of rotatable bonds is 3. The molecule has 0 N–H and O–H groups in total. The normalized spacial score (nSPS) is 17.0. The van der Waals surface area contributed by atoms with Crippen LogP contribution in [0.5, 0.6) is 0 Å². The maximum absolute atomic E-state index is 4.01. The van der Waals surface area contributed by atoms with Crippen molar-refractivity contribution in [2.75, 3.05) is 31.1 Å². The molecule has 2 heterocycles. The van der Waals surface area contributed by atoms with Crippen LogP contribution in [0.4, 0.5) is 5.13 Å². The Kier molecular flexibility index (Phi) is 3.47. The SMILES string of the molecule is c1ccc(CN2CCN(c3nnns3)CC2)cc1. The summed E-state index contributed by atoms with van der Waals surface area (Å²) < 4.78 is 3.81. The second-order valence-electron chi connectivity index (χ2n) is 4.39. The lowest BCUT2D eigenvalue weighted by atomic mass is 10.2. The molecule has 1 fully saturated rings. The van der Waals surface area contributed by atoms with E-state index in [4.69, 9.17) is 0 Å². The van der Waals surface area contributed by atoms with Gasteiger partial charge in [-0.2, -0.15) is 0 Å². The third-order valence-corrected chi connectivity index (χ3v) is 3.84. The first-order chi connectivity index (χ1) is 8.92. The van der Waals surface area contributed by atoms with Gasteiger partial charge in [0.05, 0.1) is 0 Å². The third kappa shape index (κ3) is 2.65. The fourth-order valence-corrected chi connectivity index (χ4v) is 2.71. The second-order valence-corrected chi connectivity index (χ2v) is 5.10. The number of hydrogen-bond donors (Lipinski definition) is 0. The van der Waals surface area contributed by atoms with Gasteiger partial charge >= 0.3 is 0 Å². The van der Waals surface area contributed by atoms with E-state index in [0.717, 1.165) is 37.9 Å². The Hall–Kier alpha value is -1.53. The summed E-state index contributed by atoms with van der Waals surface area (Å²) in [5.41, 5.74) is 1.38. The summed E-state index contributed by atoms with van der Waals surface area (Å²) in [4.78, 5) is 4.73. The van der Waals surface area contributed by atoms with E-state index in [0.29, 0.717) is 0 Å². The highest BCUT2D eigenvalue weighted by Crippen LogP contribution is 2.16. The van der Waals surface area contributed by atoms with Crippen LogP contribution < -0.4 is 4.90 Å². The van der Waals surface area contributed by atoms with Gasteiger partial charge in [0.15, 0.2) is 0 Å². The number of nitrogens with zero attached hydrogens (tertiary/aromatic N) is 5. The van der Waals surface area contributed by atoms with Crippen molar-refractivity contribution in [3.8, 4) is 0 Å². The minimum absolute atomic E-state index is 0.939. The van der Waals surface area contributed by atoms with Crippen LogP contribution >= 0.6 is 11.5 Å². The standard InChI is InChI=1S/C12H15N5S/c1-2-4-11(5-3-1)10-16-6-8-17(9-7-16)12-13-14-15-18-12/h1-5H,6-10H2. The molecule has 1 saturated heterocycles. The number of hydrogen-bond acceptors (Lipinski definition) is 6. The second kappa shape index (κ2) is 5.41.